The van der Waals surface area contributed by atoms with Gasteiger partial charge in [0, 0.05) is 5.92 Å². The number of nitrogens with zero attached hydrogens (tertiary/aromatic N) is 2. The quantitative estimate of drug-likeness (QED) is 0.661. The Morgan fingerprint density at radius 3 is 2.29 bits per heavy atom. The number of carbonyl (C=O) groups excluding carboxylic acids is 3. The third-order valence-electron chi connectivity index (χ3n) is 6.45. The fourth-order valence-corrected chi connectivity index (χ4v) is 4.76. The zero-order chi connectivity index (χ0) is 22.0. The van der Waals surface area contributed by atoms with E-state index in [-0.39, 0.29) is 30.2 Å². The van der Waals surface area contributed by atoms with E-state index in [9.17, 15) is 18.8 Å². The fourth-order valence-electron chi connectivity index (χ4n) is 4.76. The maximum Gasteiger partial charge on any atom is 0.257 e. The van der Waals surface area contributed by atoms with E-state index in [1.54, 1.807) is 4.90 Å². The minimum Gasteiger partial charge on any atom is -0.323 e. The van der Waals surface area contributed by atoms with Gasteiger partial charge in [0.15, 0.2) is 0 Å². The van der Waals surface area contributed by atoms with Crippen molar-refractivity contribution in [2.75, 3.05) is 4.90 Å². The second kappa shape index (κ2) is 9.00. The molecule has 3 amide bonds. The molecule has 4 rings (SSSR count). The molecule has 2 aliphatic rings. The topological polar surface area (TPSA) is 57.7 Å². The van der Waals surface area contributed by atoms with Crippen LogP contribution in [0.4, 0.5) is 10.1 Å². The maximum atomic E-state index is 13.6. The van der Waals surface area contributed by atoms with Crippen LogP contribution in [0.15, 0.2) is 54.6 Å². The number of hydrogen-bond donors (Lipinski definition) is 0. The molecule has 1 aliphatic carbocycles. The van der Waals surface area contributed by atoms with Gasteiger partial charge in [0.1, 0.15) is 11.9 Å². The number of carbonyl (C=O) groups is 3. The zero-order valence-corrected chi connectivity index (χ0v) is 17.7. The van der Waals surface area contributed by atoms with Crippen LogP contribution in [0, 0.1) is 11.7 Å². The molecule has 0 aromatic heterocycles. The predicted molar refractivity (Wildman–Crippen MR) is 116 cm³/mol. The number of halogens is 1. The normalized spacial score (nSPS) is 20.7. The Balaban J connectivity index is 1.67. The van der Waals surface area contributed by atoms with Crippen LogP contribution in [-0.2, 0) is 14.4 Å². The van der Waals surface area contributed by atoms with E-state index in [4.69, 9.17) is 0 Å². The molecular weight excluding hydrogens is 395 g/mol. The molecule has 2 fully saturated rings. The summed E-state index contributed by atoms with van der Waals surface area (Å²) in [7, 11) is 0. The Morgan fingerprint density at radius 1 is 1.00 bits per heavy atom. The van der Waals surface area contributed by atoms with Gasteiger partial charge in [-0.3, -0.25) is 14.4 Å². The van der Waals surface area contributed by atoms with Crippen molar-refractivity contribution in [2.45, 2.75) is 57.5 Å². The van der Waals surface area contributed by atoms with Crippen molar-refractivity contribution in [2.24, 2.45) is 5.92 Å². The van der Waals surface area contributed by atoms with Crippen molar-refractivity contribution < 1.29 is 18.8 Å². The summed E-state index contributed by atoms with van der Waals surface area (Å²) in [5.41, 5.74) is 1.25. The summed E-state index contributed by atoms with van der Waals surface area (Å²) in [4.78, 5) is 42.6. The largest absolute Gasteiger partial charge is 0.323 e. The van der Waals surface area contributed by atoms with Crippen molar-refractivity contribution >= 4 is 23.4 Å². The van der Waals surface area contributed by atoms with Crippen molar-refractivity contribution in [1.29, 1.82) is 0 Å². The van der Waals surface area contributed by atoms with E-state index in [0.29, 0.717) is 5.69 Å². The Bertz CT molecular complexity index is 954. The third kappa shape index (κ3) is 4.24. The Hall–Kier alpha value is -3.02. The second-order valence-electron chi connectivity index (χ2n) is 8.43. The monoisotopic (exact) mass is 422 g/mol. The van der Waals surface area contributed by atoms with E-state index in [2.05, 4.69) is 0 Å². The number of imide groups is 1. The van der Waals surface area contributed by atoms with Crippen molar-refractivity contribution in [3.05, 3.63) is 66.0 Å². The van der Waals surface area contributed by atoms with Gasteiger partial charge in [-0.05, 0) is 49.6 Å². The van der Waals surface area contributed by atoms with Gasteiger partial charge in [0.2, 0.25) is 11.8 Å². The van der Waals surface area contributed by atoms with Gasteiger partial charge in [-0.1, -0.05) is 49.6 Å². The highest BCUT2D eigenvalue weighted by atomic mass is 19.1. The molecule has 0 spiro atoms. The molecule has 31 heavy (non-hydrogen) atoms. The first-order chi connectivity index (χ1) is 15.0. The average molecular weight is 423 g/mol. The first kappa shape index (κ1) is 21.2. The van der Waals surface area contributed by atoms with Crippen LogP contribution in [0.25, 0.3) is 0 Å². The molecule has 0 bridgehead atoms. The molecule has 0 N–H and O–H groups in total. The smallest absolute Gasteiger partial charge is 0.257 e. The van der Waals surface area contributed by atoms with Crippen molar-refractivity contribution in [1.82, 2.24) is 4.90 Å². The number of anilines is 1. The van der Waals surface area contributed by atoms with Gasteiger partial charge >= 0.3 is 0 Å². The highest BCUT2D eigenvalue weighted by Crippen LogP contribution is 2.35. The lowest BCUT2D eigenvalue weighted by Crippen LogP contribution is -2.49. The van der Waals surface area contributed by atoms with Gasteiger partial charge in [0.25, 0.3) is 5.91 Å². The van der Waals surface area contributed by atoms with E-state index in [0.717, 1.165) is 42.6 Å². The molecule has 1 saturated carbocycles. The lowest BCUT2D eigenvalue weighted by molar-refractivity contribution is -0.145. The number of rotatable bonds is 5. The molecule has 5 nitrogen and oxygen atoms in total. The van der Waals surface area contributed by atoms with Crippen molar-refractivity contribution in [3.8, 4) is 0 Å². The van der Waals surface area contributed by atoms with Crippen LogP contribution in [0.1, 0.15) is 57.1 Å². The molecule has 1 aliphatic heterocycles. The summed E-state index contributed by atoms with van der Waals surface area (Å²) in [6.07, 6.45) is 4.69. The lowest BCUT2D eigenvalue weighted by Gasteiger charge is -2.37. The molecule has 6 heteroatoms. The van der Waals surface area contributed by atoms with Crippen LogP contribution in [-0.4, -0.2) is 28.7 Å². The Morgan fingerprint density at radius 2 is 1.65 bits per heavy atom. The Kier molecular flexibility index (Phi) is 6.16. The molecule has 2 aromatic carbocycles. The number of amides is 3. The predicted octanol–water partition coefficient (Wildman–Crippen LogP) is 4.63. The van der Waals surface area contributed by atoms with Crippen LogP contribution in [0.3, 0.4) is 0 Å². The molecule has 162 valence electrons. The van der Waals surface area contributed by atoms with Gasteiger partial charge in [0.05, 0.1) is 18.2 Å². The molecule has 0 radical (unpaired) electrons. The summed E-state index contributed by atoms with van der Waals surface area (Å²) < 4.78 is 13.3. The van der Waals surface area contributed by atoms with E-state index in [1.807, 2.05) is 37.3 Å². The number of benzene rings is 2. The van der Waals surface area contributed by atoms with Crippen LogP contribution in [0.2, 0.25) is 0 Å². The first-order valence-corrected chi connectivity index (χ1v) is 11.0. The highest BCUT2D eigenvalue weighted by Gasteiger charge is 2.47. The van der Waals surface area contributed by atoms with E-state index >= 15 is 0 Å². The molecule has 2 unspecified atom stereocenters. The zero-order valence-electron chi connectivity index (χ0n) is 17.7. The number of hydrogen-bond acceptors (Lipinski definition) is 3. The van der Waals surface area contributed by atoms with Gasteiger partial charge in [-0.2, -0.15) is 0 Å². The minimum atomic E-state index is -0.859. The molecule has 1 heterocycles. The SMILES string of the molecule is CC(c1ccccc1)N(C(=O)C1CCCCC1)C1CC(=O)N(c2ccc(F)cc2)C1=O. The van der Waals surface area contributed by atoms with Gasteiger partial charge in [-0.25, -0.2) is 9.29 Å². The minimum absolute atomic E-state index is 0.0526. The molecule has 2 atom stereocenters. The molecule has 2 aromatic rings. The van der Waals surface area contributed by atoms with Crippen LogP contribution in [0.5, 0.6) is 0 Å². The standard InChI is InChI=1S/C25H27FN2O3/c1-17(18-8-4-2-5-9-18)27(24(30)19-10-6-3-7-11-19)22-16-23(29)28(25(22)31)21-14-12-20(26)13-15-21/h2,4-5,8-9,12-15,17,19,22H,3,6-7,10-11,16H2,1H3. The van der Waals surface area contributed by atoms with Crippen LogP contribution >= 0.6 is 0 Å². The van der Waals surface area contributed by atoms with Crippen molar-refractivity contribution in [3.63, 3.8) is 0 Å². The fraction of sp³-hybridized carbons (Fsp3) is 0.400. The molecule has 1 saturated heterocycles. The van der Waals surface area contributed by atoms with E-state index in [1.165, 1.54) is 24.3 Å². The summed E-state index contributed by atoms with van der Waals surface area (Å²) >= 11 is 0. The highest BCUT2D eigenvalue weighted by molar-refractivity contribution is 6.23. The third-order valence-corrected chi connectivity index (χ3v) is 6.45. The van der Waals surface area contributed by atoms with Gasteiger partial charge < -0.3 is 4.90 Å². The molecular formula is C25H27FN2O3. The summed E-state index contributed by atoms with van der Waals surface area (Å²) in [5, 5.41) is 0. The Labute approximate surface area is 181 Å². The van der Waals surface area contributed by atoms with Gasteiger partial charge in [-0.15, -0.1) is 0 Å². The summed E-state index contributed by atoms with van der Waals surface area (Å²) in [6, 6.07) is 13.7. The lowest BCUT2D eigenvalue weighted by atomic mass is 9.87. The van der Waals surface area contributed by atoms with E-state index < -0.39 is 17.8 Å². The maximum absolute atomic E-state index is 13.6. The summed E-state index contributed by atoms with van der Waals surface area (Å²) in [6.45, 7) is 1.91. The summed E-state index contributed by atoms with van der Waals surface area (Å²) in [5.74, 6) is -1.41. The second-order valence-corrected chi connectivity index (χ2v) is 8.43. The van der Waals surface area contributed by atoms with Crippen LogP contribution < -0.4 is 4.90 Å². The average Bonchev–Trinajstić information content (AvgIpc) is 3.09. The first-order valence-electron chi connectivity index (χ1n) is 11.0.